The van der Waals surface area contributed by atoms with Crippen LogP contribution < -0.4 is 5.73 Å². The van der Waals surface area contributed by atoms with E-state index in [1.165, 1.54) is 0 Å². The minimum atomic E-state index is 0.139. The maximum atomic E-state index is 12.5. The van der Waals surface area contributed by atoms with Gasteiger partial charge >= 0.3 is 0 Å². The Hall–Kier alpha value is -1.01. The van der Waals surface area contributed by atoms with Gasteiger partial charge in [0.25, 0.3) is 0 Å². The van der Waals surface area contributed by atoms with Crippen LogP contribution in [0.5, 0.6) is 0 Å². The molecule has 0 aromatic carbocycles. The molecule has 2 N–H and O–H groups in total. The van der Waals surface area contributed by atoms with Crippen molar-refractivity contribution in [2.75, 3.05) is 26.2 Å². The van der Waals surface area contributed by atoms with Gasteiger partial charge in [0, 0.05) is 37.9 Å². The summed E-state index contributed by atoms with van der Waals surface area (Å²) in [4.78, 5) is 21.1. The van der Waals surface area contributed by atoms with Gasteiger partial charge in [-0.1, -0.05) is 18.2 Å². The first kappa shape index (κ1) is 13.9. The fraction of sp³-hybridized carbons (Fsp3) is 0.714. The smallest absolute Gasteiger partial charge is 0.228 e. The third-order valence-corrected chi connectivity index (χ3v) is 5.01. The van der Waals surface area contributed by atoms with Crippen molar-refractivity contribution in [1.82, 2.24) is 9.80 Å². The third-order valence-electron chi connectivity index (χ3n) is 4.06. The standard InChI is InChI=1S/C14H22N4OS/c15-11-4-1-2-6-17(9-11)13(19)8-12-10-20-14-16-5-3-7-18(12)14/h10-11H,1-9,15H2/t11-/m1/s1. The van der Waals surface area contributed by atoms with Crippen LogP contribution in [-0.4, -0.2) is 53.1 Å². The molecule has 0 radical (unpaired) electrons. The summed E-state index contributed by atoms with van der Waals surface area (Å²) in [7, 11) is 0. The summed E-state index contributed by atoms with van der Waals surface area (Å²) in [6.07, 6.45) is 4.80. The first-order valence-electron chi connectivity index (χ1n) is 7.45. The highest BCUT2D eigenvalue weighted by Gasteiger charge is 2.28. The lowest BCUT2D eigenvalue weighted by Gasteiger charge is -2.27. The van der Waals surface area contributed by atoms with E-state index in [9.17, 15) is 4.79 Å². The van der Waals surface area contributed by atoms with Crippen LogP contribution in [0.4, 0.5) is 0 Å². The van der Waals surface area contributed by atoms with E-state index < -0.39 is 0 Å². The molecule has 0 unspecified atom stereocenters. The molecule has 3 heterocycles. The predicted octanol–water partition coefficient (Wildman–Crippen LogP) is 1.37. The summed E-state index contributed by atoms with van der Waals surface area (Å²) in [6.45, 7) is 3.47. The normalized spacial score (nSPS) is 26.8. The molecule has 5 nitrogen and oxygen atoms in total. The van der Waals surface area contributed by atoms with Gasteiger partial charge in [-0.05, 0) is 24.7 Å². The van der Waals surface area contributed by atoms with Crippen LogP contribution >= 0.6 is 11.8 Å². The predicted molar refractivity (Wildman–Crippen MR) is 82.3 cm³/mol. The molecule has 1 atom stereocenters. The number of aliphatic imine (C=N–C) groups is 1. The molecule has 3 aliphatic heterocycles. The topological polar surface area (TPSA) is 61.9 Å². The van der Waals surface area contributed by atoms with Crippen LogP contribution in [-0.2, 0) is 4.79 Å². The third kappa shape index (κ3) is 3.01. The minimum Gasteiger partial charge on any atom is -0.341 e. The van der Waals surface area contributed by atoms with Crippen molar-refractivity contribution in [2.45, 2.75) is 38.1 Å². The quantitative estimate of drug-likeness (QED) is 0.835. The van der Waals surface area contributed by atoms with Gasteiger partial charge < -0.3 is 15.5 Å². The Morgan fingerprint density at radius 1 is 1.40 bits per heavy atom. The van der Waals surface area contributed by atoms with Crippen molar-refractivity contribution in [3.05, 3.63) is 11.1 Å². The van der Waals surface area contributed by atoms with Crippen LogP contribution in [0.25, 0.3) is 0 Å². The molecule has 0 bridgehead atoms. The average Bonchev–Trinajstić information content (AvgIpc) is 2.72. The second-order valence-corrected chi connectivity index (χ2v) is 6.51. The van der Waals surface area contributed by atoms with E-state index in [0.717, 1.165) is 56.2 Å². The van der Waals surface area contributed by atoms with E-state index in [1.807, 2.05) is 4.90 Å². The fourth-order valence-electron chi connectivity index (χ4n) is 2.94. The van der Waals surface area contributed by atoms with Gasteiger partial charge in [-0.2, -0.15) is 0 Å². The van der Waals surface area contributed by atoms with Crippen molar-refractivity contribution in [3.63, 3.8) is 0 Å². The van der Waals surface area contributed by atoms with E-state index in [4.69, 9.17) is 5.73 Å². The summed E-state index contributed by atoms with van der Waals surface area (Å²) >= 11 is 1.65. The van der Waals surface area contributed by atoms with Crippen LogP contribution in [0.3, 0.4) is 0 Å². The van der Waals surface area contributed by atoms with Crippen LogP contribution in [0.15, 0.2) is 16.1 Å². The maximum Gasteiger partial charge on any atom is 0.228 e. The molecule has 1 fully saturated rings. The molecule has 110 valence electrons. The Morgan fingerprint density at radius 3 is 3.20 bits per heavy atom. The summed E-state index contributed by atoms with van der Waals surface area (Å²) in [5.74, 6) is 0.209. The zero-order valence-corrected chi connectivity index (χ0v) is 12.6. The van der Waals surface area contributed by atoms with Gasteiger partial charge in [-0.15, -0.1) is 0 Å². The number of rotatable bonds is 2. The molecule has 0 saturated carbocycles. The lowest BCUT2D eigenvalue weighted by atomic mass is 10.1. The largest absolute Gasteiger partial charge is 0.341 e. The SMILES string of the molecule is N[C@@H]1CCCCN(C(=O)CC2=CSC3=NCCCN23)C1. The number of carbonyl (C=O) groups is 1. The van der Waals surface area contributed by atoms with Crippen LogP contribution in [0, 0.1) is 0 Å². The Bertz CT molecular complexity index is 448. The van der Waals surface area contributed by atoms with E-state index in [2.05, 4.69) is 15.3 Å². The Labute approximate surface area is 124 Å². The minimum absolute atomic E-state index is 0.139. The molecule has 0 aliphatic carbocycles. The van der Waals surface area contributed by atoms with Crippen molar-refractivity contribution in [3.8, 4) is 0 Å². The van der Waals surface area contributed by atoms with Crippen molar-refractivity contribution >= 4 is 22.8 Å². The van der Waals surface area contributed by atoms with Gasteiger partial charge in [0.05, 0.1) is 6.42 Å². The number of hydrogen-bond donors (Lipinski definition) is 1. The van der Waals surface area contributed by atoms with Crippen LogP contribution in [0.2, 0.25) is 0 Å². The molecule has 0 aromatic rings. The summed E-state index contributed by atoms with van der Waals surface area (Å²) < 4.78 is 0. The van der Waals surface area contributed by atoms with Crippen LogP contribution in [0.1, 0.15) is 32.1 Å². The number of thioether (sulfide) groups is 1. The van der Waals surface area contributed by atoms with Gasteiger partial charge in [0.15, 0.2) is 5.17 Å². The number of amides is 1. The van der Waals surface area contributed by atoms with Crippen molar-refractivity contribution in [2.24, 2.45) is 10.7 Å². The highest BCUT2D eigenvalue weighted by atomic mass is 32.2. The van der Waals surface area contributed by atoms with Gasteiger partial charge in [-0.3, -0.25) is 9.79 Å². The number of nitrogens with zero attached hydrogens (tertiary/aromatic N) is 3. The molecule has 6 heteroatoms. The number of fused-ring (bicyclic) bond motifs is 1. The zero-order valence-electron chi connectivity index (χ0n) is 11.8. The molecule has 0 spiro atoms. The first-order valence-corrected chi connectivity index (χ1v) is 8.33. The second kappa shape index (κ2) is 6.18. The first-order chi connectivity index (χ1) is 9.74. The maximum absolute atomic E-state index is 12.5. The monoisotopic (exact) mass is 294 g/mol. The zero-order chi connectivity index (χ0) is 13.9. The molecule has 3 rings (SSSR count). The van der Waals surface area contributed by atoms with E-state index in [1.54, 1.807) is 11.8 Å². The van der Waals surface area contributed by atoms with Gasteiger partial charge in [0.2, 0.25) is 5.91 Å². The summed E-state index contributed by atoms with van der Waals surface area (Å²) in [6, 6.07) is 0.139. The van der Waals surface area contributed by atoms with E-state index in [-0.39, 0.29) is 11.9 Å². The van der Waals surface area contributed by atoms with E-state index >= 15 is 0 Å². The number of amidine groups is 1. The molecule has 1 saturated heterocycles. The van der Waals surface area contributed by atoms with Crippen molar-refractivity contribution in [1.29, 1.82) is 0 Å². The molecule has 3 aliphatic rings. The fourth-order valence-corrected chi connectivity index (χ4v) is 3.90. The average molecular weight is 294 g/mol. The number of likely N-dealkylation sites (tertiary alicyclic amines) is 1. The molecule has 1 amide bonds. The van der Waals surface area contributed by atoms with Gasteiger partial charge in [0.1, 0.15) is 0 Å². The van der Waals surface area contributed by atoms with Gasteiger partial charge in [-0.25, -0.2) is 0 Å². The summed E-state index contributed by atoms with van der Waals surface area (Å²) in [5, 5.41) is 3.14. The summed E-state index contributed by atoms with van der Waals surface area (Å²) in [5.41, 5.74) is 7.14. The Balaban J connectivity index is 1.61. The number of hydrogen-bond acceptors (Lipinski definition) is 5. The molecular formula is C14H22N4OS. The molecule has 0 aromatic heterocycles. The highest BCUT2D eigenvalue weighted by molar-refractivity contribution is 8.16. The Morgan fingerprint density at radius 2 is 2.30 bits per heavy atom. The highest BCUT2D eigenvalue weighted by Crippen LogP contribution is 2.31. The van der Waals surface area contributed by atoms with E-state index in [0.29, 0.717) is 13.0 Å². The lowest BCUT2D eigenvalue weighted by Crippen LogP contribution is -2.40. The van der Waals surface area contributed by atoms with Crippen molar-refractivity contribution < 1.29 is 4.79 Å². The Kier molecular flexibility index (Phi) is 4.31. The number of nitrogens with two attached hydrogens (primary N) is 1. The number of carbonyl (C=O) groups excluding carboxylic acids is 1. The lowest BCUT2D eigenvalue weighted by molar-refractivity contribution is -0.130. The molecule has 20 heavy (non-hydrogen) atoms. The second-order valence-electron chi connectivity index (χ2n) is 5.67. The molecular weight excluding hydrogens is 272 g/mol.